The van der Waals surface area contributed by atoms with Crippen LogP contribution in [0.25, 0.3) is 0 Å². The minimum absolute atomic E-state index is 0.0440. The average molecular weight is 432 g/mol. The summed E-state index contributed by atoms with van der Waals surface area (Å²) in [6.07, 6.45) is 3.68. The molecular weight excluding hydrogens is 394 g/mol. The summed E-state index contributed by atoms with van der Waals surface area (Å²) in [6, 6.07) is 3.64. The van der Waals surface area contributed by atoms with Crippen LogP contribution >= 0.6 is 0 Å². The van der Waals surface area contributed by atoms with Crippen molar-refractivity contribution in [3.63, 3.8) is 0 Å². The predicted octanol–water partition coefficient (Wildman–Crippen LogP) is 3.85. The van der Waals surface area contributed by atoms with Gasteiger partial charge in [-0.05, 0) is 59.6 Å². The molecule has 1 aliphatic rings. The van der Waals surface area contributed by atoms with E-state index in [1.165, 1.54) is 0 Å². The number of rotatable bonds is 10. The largest absolute Gasteiger partial charge is 0.467 e. The first-order chi connectivity index (χ1) is 14.7. The van der Waals surface area contributed by atoms with Crippen LogP contribution in [-0.4, -0.2) is 46.1 Å². The summed E-state index contributed by atoms with van der Waals surface area (Å²) in [7, 11) is 0. The van der Waals surface area contributed by atoms with Gasteiger partial charge in [0.1, 0.15) is 5.76 Å². The molecule has 2 heterocycles. The SMILES string of the molecule is CCCCN1C(=O)C(CC(=O)NCc2ccco2)CC(C(=O)N(C(C)C)C(C)C)=C1C. The number of allylic oxidation sites excluding steroid dienone is 1. The second-order valence-electron chi connectivity index (χ2n) is 8.77. The van der Waals surface area contributed by atoms with E-state index in [4.69, 9.17) is 4.42 Å². The first kappa shape index (κ1) is 24.7. The normalized spacial score (nSPS) is 17.0. The zero-order valence-electron chi connectivity index (χ0n) is 19.7. The predicted molar refractivity (Wildman–Crippen MR) is 120 cm³/mol. The van der Waals surface area contributed by atoms with E-state index in [9.17, 15) is 14.4 Å². The molecule has 1 aromatic heterocycles. The fraction of sp³-hybridized carbons (Fsp3) is 0.625. The second kappa shape index (κ2) is 11.2. The van der Waals surface area contributed by atoms with E-state index in [2.05, 4.69) is 12.2 Å². The molecule has 0 aliphatic carbocycles. The lowest BCUT2D eigenvalue weighted by Gasteiger charge is -2.38. The Morgan fingerprint density at radius 1 is 1.26 bits per heavy atom. The molecule has 2 rings (SSSR count). The van der Waals surface area contributed by atoms with Gasteiger partial charge in [-0.1, -0.05) is 13.3 Å². The quantitative estimate of drug-likeness (QED) is 0.610. The highest BCUT2D eigenvalue weighted by atomic mass is 16.3. The Bertz CT molecular complexity index is 788. The van der Waals surface area contributed by atoms with Crippen molar-refractivity contribution in [3.8, 4) is 0 Å². The molecule has 172 valence electrons. The maximum Gasteiger partial charge on any atom is 0.252 e. The molecule has 0 radical (unpaired) electrons. The number of furan rings is 1. The van der Waals surface area contributed by atoms with Crippen molar-refractivity contribution in [1.29, 1.82) is 0 Å². The molecule has 1 unspecified atom stereocenters. The Balaban J connectivity index is 2.23. The van der Waals surface area contributed by atoms with Crippen LogP contribution in [0.5, 0.6) is 0 Å². The van der Waals surface area contributed by atoms with Gasteiger partial charge < -0.3 is 19.5 Å². The van der Waals surface area contributed by atoms with E-state index < -0.39 is 5.92 Å². The van der Waals surface area contributed by atoms with Crippen molar-refractivity contribution in [1.82, 2.24) is 15.1 Å². The van der Waals surface area contributed by atoms with Crippen LogP contribution in [0.2, 0.25) is 0 Å². The first-order valence-electron chi connectivity index (χ1n) is 11.3. The molecule has 0 fully saturated rings. The van der Waals surface area contributed by atoms with Crippen LogP contribution in [-0.2, 0) is 20.9 Å². The molecule has 3 amide bonds. The van der Waals surface area contributed by atoms with Gasteiger partial charge >= 0.3 is 0 Å². The smallest absolute Gasteiger partial charge is 0.252 e. The number of amides is 3. The molecule has 0 bridgehead atoms. The zero-order valence-corrected chi connectivity index (χ0v) is 19.7. The molecular formula is C24H37N3O4. The molecule has 0 saturated carbocycles. The van der Waals surface area contributed by atoms with E-state index in [0.717, 1.165) is 18.5 Å². The molecule has 0 spiro atoms. The topological polar surface area (TPSA) is 82.9 Å². The number of carbonyl (C=O) groups is 3. The third-order valence-electron chi connectivity index (χ3n) is 5.72. The number of nitrogens with zero attached hydrogens (tertiary/aromatic N) is 2. The summed E-state index contributed by atoms with van der Waals surface area (Å²) in [5.41, 5.74) is 1.36. The summed E-state index contributed by atoms with van der Waals surface area (Å²) in [4.78, 5) is 42.7. The van der Waals surface area contributed by atoms with E-state index in [-0.39, 0.29) is 49.2 Å². The molecule has 0 aromatic carbocycles. The van der Waals surface area contributed by atoms with Crippen molar-refractivity contribution in [2.75, 3.05) is 6.54 Å². The van der Waals surface area contributed by atoms with Crippen LogP contribution in [0.3, 0.4) is 0 Å². The summed E-state index contributed by atoms with van der Waals surface area (Å²) in [5, 5.41) is 2.81. The van der Waals surface area contributed by atoms with Crippen molar-refractivity contribution in [2.24, 2.45) is 5.92 Å². The molecule has 1 atom stereocenters. The molecule has 1 aromatic rings. The molecule has 1 N–H and O–H groups in total. The van der Waals surface area contributed by atoms with Gasteiger partial charge in [-0.3, -0.25) is 14.4 Å². The van der Waals surface area contributed by atoms with Gasteiger partial charge in [0.2, 0.25) is 11.8 Å². The van der Waals surface area contributed by atoms with Crippen molar-refractivity contribution in [2.45, 2.75) is 85.9 Å². The molecule has 1 aliphatic heterocycles. The standard InChI is InChI=1S/C24H37N3O4/c1-7-8-11-26-18(6)21(24(30)27(16(2)3)17(4)5)13-19(23(26)29)14-22(28)25-15-20-10-9-12-31-20/h9-10,12,16-17,19H,7-8,11,13-15H2,1-6H3,(H,25,28). The monoisotopic (exact) mass is 431 g/mol. The lowest BCUT2D eigenvalue weighted by atomic mass is 9.88. The van der Waals surface area contributed by atoms with Gasteiger partial charge in [0.05, 0.1) is 18.7 Å². The van der Waals surface area contributed by atoms with Crippen molar-refractivity contribution in [3.05, 3.63) is 35.4 Å². The van der Waals surface area contributed by atoms with Crippen molar-refractivity contribution < 1.29 is 18.8 Å². The molecule has 31 heavy (non-hydrogen) atoms. The van der Waals surface area contributed by atoms with Crippen molar-refractivity contribution >= 4 is 17.7 Å². The average Bonchev–Trinajstić information content (AvgIpc) is 3.21. The van der Waals surface area contributed by atoms with Gasteiger partial charge in [0.25, 0.3) is 5.91 Å². The van der Waals surface area contributed by atoms with Crippen LogP contribution in [0, 0.1) is 5.92 Å². The Morgan fingerprint density at radius 3 is 2.48 bits per heavy atom. The highest BCUT2D eigenvalue weighted by molar-refractivity contribution is 5.98. The lowest BCUT2D eigenvalue weighted by molar-refractivity contribution is -0.139. The lowest BCUT2D eigenvalue weighted by Crippen LogP contribution is -2.48. The minimum Gasteiger partial charge on any atom is -0.467 e. The Morgan fingerprint density at radius 2 is 1.94 bits per heavy atom. The number of unbranched alkanes of at least 4 members (excludes halogenated alkanes) is 1. The molecule has 0 saturated heterocycles. The highest BCUT2D eigenvalue weighted by Gasteiger charge is 2.38. The fourth-order valence-corrected chi connectivity index (χ4v) is 4.14. The number of hydrogen-bond acceptors (Lipinski definition) is 4. The van der Waals surface area contributed by atoms with Gasteiger partial charge in [-0.25, -0.2) is 0 Å². The number of nitrogens with one attached hydrogen (secondary N) is 1. The van der Waals surface area contributed by atoms with Crippen LogP contribution in [0.15, 0.2) is 34.1 Å². The number of hydrogen-bond donors (Lipinski definition) is 1. The van der Waals surface area contributed by atoms with Gasteiger partial charge in [-0.15, -0.1) is 0 Å². The Kier molecular flexibility index (Phi) is 8.89. The van der Waals surface area contributed by atoms with Crippen LogP contribution < -0.4 is 5.32 Å². The maximum atomic E-state index is 13.4. The minimum atomic E-state index is -0.544. The highest BCUT2D eigenvalue weighted by Crippen LogP contribution is 2.32. The molecule has 7 nitrogen and oxygen atoms in total. The fourth-order valence-electron chi connectivity index (χ4n) is 4.14. The summed E-state index contributed by atoms with van der Waals surface area (Å²) in [5.74, 6) is -0.226. The van der Waals surface area contributed by atoms with Gasteiger partial charge in [0, 0.05) is 36.3 Å². The number of carbonyl (C=O) groups excluding carboxylic acids is 3. The third-order valence-corrected chi connectivity index (χ3v) is 5.72. The zero-order chi connectivity index (χ0) is 23.1. The maximum absolute atomic E-state index is 13.4. The third kappa shape index (κ3) is 6.21. The van der Waals surface area contributed by atoms with Gasteiger partial charge in [0.15, 0.2) is 0 Å². The Labute approximate surface area is 185 Å². The molecule has 7 heteroatoms. The summed E-state index contributed by atoms with van der Waals surface area (Å²) < 4.78 is 5.24. The van der Waals surface area contributed by atoms with E-state index in [1.54, 1.807) is 23.3 Å². The van der Waals surface area contributed by atoms with E-state index >= 15 is 0 Å². The first-order valence-corrected chi connectivity index (χ1v) is 11.3. The van der Waals surface area contributed by atoms with E-state index in [1.807, 2.05) is 39.5 Å². The van der Waals surface area contributed by atoms with Crippen LogP contribution in [0.4, 0.5) is 0 Å². The summed E-state index contributed by atoms with van der Waals surface area (Å²) >= 11 is 0. The van der Waals surface area contributed by atoms with Crippen LogP contribution in [0.1, 0.15) is 73.0 Å². The van der Waals surface area contributed by atoms with Gasteiger partial charge in [-0.2, -0.15) is 0 Å². The van der Waals surface area contributed by atoms with E-state index in [0.29, 0.717) is 17.9 Å². The second-order valence-corrected chi connectivity index (χ2v) is 8.77. The summed E-state index contributed by atoms with van der Waals surface area (Å²) in [6.45, 7) is 12.7. The Hall–Kier alpha value is -2.57.